The molecule has 0 aliphatic rings. The van der Waals surface area contributed by atoms with Crippen LogP contribution in [0.25, 0.3) is 28.1 Å². The molecule has 0 unspecified atom stereocenters. The Kier molecular flexibility index (Phi) is 3.45. The molecule has 4 heteroatoms. The van der Waals surface area contributed by atoms with E-state index in [1.54, 1.807) is 18.2 Å². The average Bonchev–Trinajstić information content (AvgIpc) is 2.52. The van der Waals surface area contributed by atoms with Crippen molar-refractivity contribution in [3.05, 3.63) is 72.4 Å². The smallest absolute Gasteiger partial charge is 0.255 e. The van der Waals surface area contributed by atoms with E-state index in [0.29, 0.717) is 5.39 Å². The minimum absolute atomic E-state index is 0.0326. The fourth-order valence-corrected chi connectivity index (χ4v) is 2.47. The largest absolute Gasteiger partial charge is 0.418 e. The van der Waals surface area contributed by atoms with Gasteiger partial charge in [0.25, 0.3) is 0 Å². The Hall–Kier alpha value is -2.62. The van der Waals surface area contributed by atoms with E-state index in [-0.39, 0.29) is 5.52 Å². The minimum atomic E-state index is -4.41. The molecule has 0 saturated carbocycles. The number of hydrogen-bond donors (Lipinski definition) is 0. The van der Waals surface area contributed by atoms with E-state index in [9.17, 15) is 13.2 Å². The van der Waals surface area contributed by atoms with Gasteiger partial charge in [0.2, 0.25) is 0 Å². The molecule has 0 N–H and O–H groups in total. The van der Waals surface area contributed by atoms with E-state index in [4.69, 9.17) is 0 Å². The van der Waals surface area contributed by atoms with Crippen LogP contribution in [0.4, 0.5) is 13.2 Å². The topological polar surface area (TPSA) is 12.9 Å². The number of aromatic nitrogens is 1. The van der Waals surface area contributed by atoms with Crippen LogP contribution in [0.5, 0.6) is 0 Å². The third-order valence-electron chi connectivity index (χ3n) is 3.51. The van der Waals surface area contributed by atoms with Gasteiger partial charge in [0.1, 0.15) is 0 Å². The lowest BCUT2D eigenvalue weighted by Gasteiger charge is -2.11. The molecule has 0 spiro atoms. The first-order valence-electron chi connectivity index (χ1n) is 6.68. The maximum atomic E-state index is 13.0. The van der Waals surface area contributed by atoms with Crippen molar-refractivity contribution in [3.63, 3.8) is 0 Å². The lowest BCUT2D eigenvalue weighted by Crippen LogP contribution is -2.06. The molecular formula is C18H12F3N. The first kappa shape index (κ1) is 14.3. The summed E-state index contributed by atoms with van der Waals surface area (Å²) in [5.74, 6) is 0. The highest BCUT2D eigenvalue weighted by molar-refractivity contribution is 5.87. The molecule has 0 amide bonds. The normalized spacial score (nSPS) is 11.6. The average molecular weight is 299 g/mol. The lowest BCUT2D eigenvalue weighted by atomic mass is 9.99. The molecular weight excluding hydrogens is 287 g/mol. The molecule has 110 valence electrons. The molecule has 3 aromatic rings. The van der Waals surface area contributed by atoms with Crippen molar-refractivity contribution in [1.29, 1.82) is 0 Å². The van der Waals surface area contributed by atoms with Crippen LogP contribution in [0, 0.1) is 0 Å². The Morgan fingerprint density at radius 2 is 1.77 bits per heavy atom. The van der Waals surface area contributed by atoms with E-state index in [1.165, 1.54) is 12.3 Å². The van der Waals surface area contributed by atoms with Crippen LogP contribution in [0.2, 0.25) is 0 Å². The summed E-state index contributed by atoms with van der Waals surface area (Å²) in [6, 6.07) is 13.4. The second kappa shape index (κ2) is 5.30. The molecule has 0 aliphatic heterocycles. The zero-order chi connectivity index (χ0) is 15.7. The molecule has 1 nitrogen and oxygen atoms in total. The van der Waals surface area contributed by atoms with Gasteiger partial charge in [-0.2, -0.15) is 13.2 Å². The standard InChI is InChI=1S/C18H12F3N/c1-2-12-6-3-4-8-15(12)14-10-13-7-5-9-16(18(19,20)21)17(13)22-11-14/h2-11H,1H2. The third kappa shape index (κ3) is 2.48. The van der Waals surface area contributed by atoms with Gasteiger partial charge in [-0.15, -0.1) is 0 Å². The molecule has 0 aliphatic carbocycles. The van der Waals surface area contributed by atoms with Gasteiger partial charge in [-0.25, -0.2) is 0 Å². The zero-order valence-electron chi connectivity index (χ0n) is 11.6. The summed E-state index contributed by atoms with van der Waals surface area (Å²) in [6.07, 6.45) is -1.22. The second-order valence-electron chi connectivity index (χ2n) is 4.89. The molecule has 1 heterocycles. The van der Waals surface area contributed by atoms with Crippen LogP contribution in [-0.2, 0) is 6.18 Å². The quantitative estimate of drug-likeness (QED) is 0.603. The van der Waals surface area contributed by atoms with Gasteiger partial charge in [0.15, 0.2) is 0 Å². The zero-order valence-corrected chi connectivity index (χ0v) is 11.6. The lowest BCUT2D eigenvalue weighted by molar-refractivity contribution is -0.136. The summed E-state index contributed by atoms with van der Waals surface area (Å²) >= 11 is 0. The fraction of sp³-hybridized carbons (Fsp3) is 0.0556. The number of nitrogens with zero attached hydrogens (tertiary/aromatic N) is 1. The highest BCUT2D eigenvalue weighted by atomic mass is 19.4. The number of alkyl halides is 3. The fourth-order valence-electron chi connectivity index (χ4n) is 2.47. The summed E-state index contributed by atoms with van der Waals surface area (Å²) in [6.45, 7) is 3.76. The van der Waals surface area contributed by atoms with E-state index in [2.05, 4.69) is 11.6 Å². The molecule has 3 rings (SSSR count). The van der Waals surface area contributed by atoms with E-state index in [0.717, 1.165) is 22.8 Å². The highest BCUT2D eigenvalue weighted by Crippen LogP contribution is 2.35. The van der Waals surface area contributed by atoms with Gasteiger partial charge in [0, 0.05) is 17.1 Å². The SMILES string of the molecule is C=Cc1ccccc1-c1cnc2c(C(F)(F)F)cccc2c1. The summed E-state index contributed by atoms with van der Waals surface area (Å²) in [4.78, 5) is 4.05. The summed E-state index contributed by atoms with van der Waals surface area (Å²) in [7, 11) is 0. The Morgan fingerprint density at radius 3 is 2.50 bits per heavy atom. The summed E-state index contributed by atoms with van der Waals surface area (Å²) in [5, 5.41) is 0.464. The number of pyridine rings is 1. The van der Waals surface area contributed by atoms with Crippen LogP contribution in [0.3, 0.4) is 0 Å². The van der Waals surface area contributed by atoms with Gasteiger partial charge in [-0.1, -0.05) is 49.1 Å². The van der Waals surface area contributed by atoms with E-state index in [1.807, 2.05) is 24.3 Å². The Labute approximate surface area is 125 Å². The van der Waals surface area contributed by atoms with Crippen LogP contribution >= 0.6 is 0 Å². The molecule has 0 fully saturated rings. The molecule has 0 atom stereocenters. The minimum Gasteiger partial charge on any atom is -0.255 e. The van der Waals surface area contributed by atoms with Crippen LogP contribution < -0.4 is 0 Å². The Morgan fingerprint density at radius 1 is 1.00 bits per heavy atom. The second-order valence-corrected chi connectivity index (χ2v) is 4.89. The van der Waals surface area contributed by atoms with Crippen LogP contribution in [-0.4, -0.2) is 4.98 Å². The van der Waals surface area contributed by atoms with Crippen molar-refractivity contribution in [2.24, 2.45) is 0 Å². The van der Waals surface area contributed by atoms with Gasteiger partial charge in [0.05, 0.1) is 11.1 Å². The Bertz CT molecular complexity index is 850. The van der Waals surface area contributed by atoms with E-state index < -0.39 is 11.7 Å². The molecule has 0 saturated heterocycles. The van der Waals surface area contributed by atoms with Gasteiger partial charge in [-0.3, -0.25) is 4.98 Å². The number of benzene rings is 2. The Balaban J connectivity index is 2.22. The predicted molar refractivity (Wildman–Crippen MR) is 82.3 cm³/mol. The van der Waals surface area contributed by atoms with Crippen molar-refractivity contribution in [1.82, 2.24) is 4.98 Å². The summed E-state index contributed by atoms with van der Waals surface area (Å²) < 4.78 is 39.0. The molecule has 2 aromatic carbocycles. The van der Waals surface area contributed by atoms with Crippen LogP contribution in [0.15, 0.2) is 61.3 Å². The van der Waals surface area contributed by atoms with E-state index >= 15 is 0 Å². The van der Waals surface area contributed by atoms with Gasteiger partial charge >= 0.3 is 6.18 Å². The van der Waals surface area contributed by atoms with Crippen molar-refractivity contribution in [3.8, 4) is 11.1 Å². The first-order valence-corrected chi connectivity index (χ1v) is 6.68. The van der Waals surface area contributed by atoms with Gasteiger partial charge in [-0.05, 0) is 23.3 Å². The van der Waals surface area contributed by atoms with Crippen LogP contribution in [0.1, 0.15) is 11.1 Å². The van der Waals surface area contributed by atoms with Crippen molar-refractivity contribution < 1.29 is 13.2 Å². The third-order valence-corrected chi connectivity index (χ3v) is 3.51. The predicted octanol–water partition coefficient (Wildman–Crippen LogP) is 5.56. The van der Waals surface area contributed by atoms with Crippen molar-refractivity contribution in [2.45, 2.75) is 6.18 Å². The monoisotopic (exact) mass is 299 g/mol. The number of rotatable bonds is 2. The summed E-state index contributed by atoms with van der Waals surface area (Å²) in [5.41, 5.74) is 1.82. The maximum Gasteiger partial charge on any atom is 0.418 e. The van der Waals surface area contributed by atoms with Crippen molar-refractivity contribution >= 4 is 17.0 Å². The molecule has 1 aromatic heterocycles. The number of halogens is 3. The number of hydrogen-bond acceptors (Lipinski definition) is 1. The van der Waals surface area contributed by atoms with Gasteiger partial charge < -0.3 is 0 Å². The highest BCUT2D eigenvalue weighted by Gasteiger charge is 2.33. The number of fused-ring (bicyclic) bond motifs is 1. The number of para-hydroxylation sites is 1. The van der Waals surface area contributed by atoms with Crippen molar-refractivity contribution in [2.75, 3.05) is 0 Å². The molecule has 0 radical (unpaired) electrons. The first-order chi connectivity index (χ1) is 10.5. The molecule has 0 bridgehead atoms. The molecule has 22 heavy (non-hydrogen) atoms. The maximum absolute atomic E-state index is 13.0.